The third-order valence-corrected chi connectivity index (χ3v) is 6.53. The standard InChI is InChI=1S/C17H24N2OS/c1-16(6-4-7-16)12-19-14(13-5-10-21-11-13)18-17(15(19)20)8-2-3-9-17/h5,10-11,14,18H,2-4,6-9,12H2,1H3. The molecule has 1 aromatic heterocycles. The van der Waals surface area contributed by atoms with Gasteiger partial charge in [-0.3, -0.25) is 10.1 Å². The van der Waals surface area contributed by atoms with Gasteiger partial charge in [0.25, 0.3) is 0 Å². The van der Waals surface area contributed by atoms with Gasteiger partial charge in [0.05, 0.1) is 5.54 Å². The zero-order valence-electron chi connectivity index (χ0n) is 12.7. The second-order valence-corrected chi connectivity index (χ2v) is 8.27. The summed E-state index contributed by atoms with van der Waals surface area (Å²) in [6, 6.07) is 2.17. The molecule has 3 fully saturated rings. The average molecular weight is 304 g/mol. The van der Waals surface area contributed by atoms with Gasteiger partial charge in [0.15, 0.2) is 0 Å². The van der Waals surface area contributed by atoms with Crippen molar-refractivity contribution in [3.8, 4) is 0 Å². The number of thiophene rings is 1. The van der Waals surface area contributed by atoms with Crippen molar-refractivity contribution in [1.29, 1.82) is 0 Å². The predicted octanol–water partition coefficient (Wildman–Crippen LogP) is 3.68. The summed E-state index contributed by atoms with van der Waals surface area (Å²) >= 11 is 1.72. The van der Waals surface area contributed by atoms with Crippen molar-refractivity contribution in [2.45, 2.75) is 63.6 Å². The molecule has 114 valence electrons. The van der Waals surface area contributed by atoms with Gasteiger partial charge in [0, 0.05) is 6.54 Å². The number of hydrogen-bond donors (Lipinski definition) is 1. The first kappa shape index (κ1) is 13.8. The fourth-order valence-corrected chi connectivity index (χ4v) is 5.02. The molecule has 1 N–H and O–H groups in total. The fourth-order valence-electron chi connectivity index (χ4n) is 4.34. The lowest BCUT2D eigenvalue weighted by Crippen LogP contribution is -2.46. The molecule has 1 unspecified atom stereocenters. The lowest BCUT2D eigenvalue weighted by molar-refractivity contribution is -0.135. The van der Waals surface area contributed by atoms with Crippen LogP contribution in [0.3, 0.4) is 0 Å². The number of hydrogen-bond acceptors (Lipinski definition) is 3. The quantitative estimate of drug-likeness (QED) is 0.924. The molecule has 1 spiro atoms. The summed E-state index contributed by atoms with van der Waals surface area (Å²) in [5, 5.41) is 8.03. The monoisotopic (exact) mass is 304 g/mol. The van der Waals surface area contributed by atoms with Crippen molar-refractivity contribution in [2.75, 3.05) is 6.54 Å². The van der Waals surface area contributed by atoms with Gasteiger partial charge in [-0.05, 0) is 53.5 Å². The number of amides is 1. The number of nitrogens with zero attached hydrogens (tertiary/aromatic N) is 1. The summed E-state index contributed by atoms with van der Waals surface area (Å²) in [5.41, 5.74) is 1.35. The van der Waals surface area contributed by atoms with Crippen LogP contribution < -0.4 is 5.32 Å². The highest BCUT2D eigenvalue weighted by Crippen LogP contribution is 2.46. The zero-order chi connectivity index (χ0) is 14.5. The summed E-state index contributed by atoms with van der Waals surface area (Å²) in [6.45, 7) is 3.26. The van der Waals surface area contributed by atoms with Crippen LogP contribution in [0, 0.1) is 5.41 Å². The molecular formula is C17H24N2OS. The van der Waals surface area contributed by atoms with Gasteiger partial charge in [0.2, 0.25) is 5.91 Å². The van der Waals surface area contributed by atoms with Crippen molar-refractivity contribution < 1.29 is 4.79 Å². The SMILES string of the molecule is CC1(CN2C(=O)C3(CCCC3)NC2c2ccsc2)CCC1. The van der Waals surface area contributed by atoms with Crippen LogP contribution in [0.15, 0.2) is 16.8 Å². The molecule has 1 atom stereocenters. The maximum atomic E-state index is 13.1. The van der Waals surface area contributed by atoms with E-state index in [1.54, 1.807) is 11.3 Å². The van der Waals surface area contributed by atoms with E-state index in [9.17, 15) is 4.79 Å². The number of carbonyl (C=O) groups is 1. The predicted molar refractivity (Wildman–Crippen MR) is 85.1 cm³/mol. The summed E-state index contributed by atoms with van der Waals surface area (Å²) in [7, 11) is 0. The van der Waals surface area contributed by atoms with Crippen molar-refractivity contribution in [3.05, 3.63) is 22.4 Å². The average Bonchev–Trinajstić information content (AvgIpc) is 3.14. The van der Waals surface area contributed by atoms with E-state index in [0.717, 1.165) is 19.4 Å². The maximum Gasteiger partial charge on any atom is 0.244 e. The summed E-state index contributed by atoms with van der Waals surface area (Å²) < 4.78 is 0. The molecular weight excluding hydrogens is 280 g/mol. The minimum Gasteiger partial charge on any atom is -0.321 e. The van der Waals surface area contributed by atoms with Crippen LogP contribution in [0.4, 0.5) is 0 Å². The molecule has 21 heavy (non-hydrogen) atoms. The van der Waals surface area contributed by atoms with E-state index >= 15 is 0 Å². The normalized spacial score (nSPS) is 30.0. The molecule has 1 amide bonds. The van der Waals surface area contributed by atoms with Crippen LogP contribution in [-0.4, -0.2) is 22.9 Å². The molecule has 4 rings (SSSR count). The van der Waals surface area contributed by atoms with E-state index in [4.69, 9.17) is 0 Å². The lowest BCUT2D eigenvalue weighted by Gasteiger charge is -2.42. The molecule has 0 bridgehead atoms. The highest BCUT2D eigenvalue weighted by Gasteiger charge is 2.54. The van der Waals surface area contributed by atoms with Crippen molar-refractivity contribution >= 4 is 17.2 Å². The Morgan fingerprint density at radius 2 is 2.05 bits per heavy atom. The molecule has 0 aromatic carbocycles. The Hall–Kier alpha value is -0.870. The summed E-state index contributed by atoms with van der Waals surface area (Å²) in [5.74, 6) is 0.365. The lowest BCUT2D eigenvalue weighted by atomic mass is 9.70. The molecule has 3 aliphatic rings. The number of rotatable bonds is 3. The molecule has 2 saturated carbocycles. The van der Waals surface area contributed by atoms with Gasteiger partial charge in [-0.2, -0.15) is 11.3 Å². The molecule has 3 nitrogen and oxygen atoms in total. The highest BCUT2D eigenvalue weighted by molar-refractivity contribution is 7.07. The second-order valence-electron chi connectivity index (χ2n) is 7.49. The molecule has 1 aliphatic heterocycles. The Kier molecular flexibility index (Phi) is 3.16. The van der Waals surface area contributed by atoms with Gasteiger partial charge >= 0.3 is 0 Å². The molecule has 0 radical (unpaired) electrons. The van der Waals surface area contributed by atoms with Crippen LogP contribution >= 0.6 is 11.3 Å². The van der Waals surface area contributed by atoms with E-state index in [1.807, 2.05) is 0 Å². The van der Waals surface area contributed by atoms with Crippen LogP contribution in [0.25, 0.3) is 0 Å². The Morgan fingerprint density at radius 1 is 1.29 bits per heavy atom. The zero-order valence-corrected chi connectivity index (χ0v) is 13.5. The fraction of sp³-hybridized carbons (Fsp3) is 0.706. The molecule has 2 aliphatic carbocycles. The van der Waals surface area contributed by atoms with Gasteiger partial charge in [0.1, 0.15) is 6.17 Å². The summed E-state index contributed by atoms with van der Waals surface area (Å²) in [6.07, 6.45) is 8.33. The van der Waals surface area contributed by atoms with Crippen molar-refractivity contribution in [1.82, 2.24) is 10.2 Å². The summed E-state index contributed by atoms with van der Waals surface area (Å²) in [4.78, 5) is 15.3. The second kappa shape index (κ2) is 4.82. The van der Waals surface area contributed by atoms with Crippen LogP contribution in [0.1, 0.15) is 63.6 Å². The van der Waals surface area contributed by atoms with Crippen LogP contribution in [0.5, 0.6) is 0 Å². The van der Waals surface area contributed by atoms with Crippen LogP contribution in [-0.2, 0) is 4.79 Å². The molecule has 2 heterocycles. The smallest absolute Gasteiger partial charge is 0.244 e. The Morgan fingerprint density at radius 3 is 2.62 bits per heavy atom. The Balaban J connectivity index is 1.64. The van der Waals surface area contributed by atoms with Gasteiger partial charge in [-0.15, -0.1) is 0 Å². The first-order chi connectivity index (χ1) is 10.1. The molecule has 1 saturated heterocycles. The topological polar surface area (TPSA) is 32.3 Å². The van der Waals surface area contributed by atoms with Crippen molar-refractivity contribution in [2.24, 2.45) is 5.41 Å². The number of carbonyl (C=O) groups excluding carboxylic acids is 1. The minimum absolute atomic E-state index is 0.0966. The van der Waals surface area contributed by atoms with Gasteiger partial charge < -0.3 is 4.90 Å². The largest absolute Gasteiger partial charge is 0.321 e. The highest BCUT2D eigenvalue weighted by atomic mass is 32.1. The maximum absolute atomic E-state index is 13.1. The van der Waals surface area contributed by atoms with E-state index in [2.05, 4.69) is 34.0 Å². The van der Waals surface area contributed by atoms with Gasteiger partial charge in [-0.1, -0.05) is 26.2 Å². The van der Waals surface area contributed by atoms with E-state index in [1.165, 1.54) is 37.7 Å². The minimum atomic E-state index is -0.257. The van der Waals surface area contributed by atoms with Crippen molar-refractivity contribution in [3.63, 3.8) is 0 Å². The van der Waals surface area contributed by atoms with Gasteiger partial charge in [-0.25, -0.2) is 0 Å². The number of nitrogens with one attached hydrogen (secondary N) is 1. The first-order valence-electron chi connectivity index (χ1n) is 8.23. The molecule has 1 aromatic rings. The van der Waals surface area contributed by atoms with E-state index < -0.39 is 0 Å². The van der Waals surface area contributed by atoms with E-state index in [-0.39, 0.29) is 11.7 Å². The Labute approximate surface area is 130 Å². The first-order valence-corrected chi connectivity index (χ1v) is 9.17. The van der Waals surface area contributed by atoms with Crippen LogP contribution in [0.2, 0.25) is 0 Å². The van der Waals surface area contributed by atoms with E-state index in [0.29, 0.717) is 11.3 Å². The Bertz CT molecular complexity index is 529. The third kappa shape index (κ3) is 2.15. The third-order valence-electron chi connectivity index (χ3n) is 5.82. The molecule has 4 heteroatoms.